The van der Waals surface area contributed by atoms with Gasteiger partial charge in [0.1, 0.15) is 0 Å². The van der Waals surface area contributed by atoms with E-state index in [-0.39, 0.29) is 24.0 Å². The molecule has 2 N–H and O–H groups in total. The Balaban J connectivity index is 0.00000364. The molecule has 6 nitrogen and oxygen atoms in total. The minimum Gasteiger partial charge on any atom is -0.477 e. The van der Waals surface area contributed by atoms with E-state index in [1.54, 1.807) is 20.4 Å². The summed E-state index contributed by atoms with van der Waals surface area (Å²) in [7, 11) is 3.58. The topological polar surface area (TPSA) is 67.8 Å². The van der Waals surface area contributed by atoms with Crippen molar-refractivity contribution in [1.82, 2.24) is 15.6 Å². The molecule has 0 amide bonds. The van der Waals surface area contributed by atoms with Gasteiger partial charge in [0.2, 0.25) is 5.88 Å². The Bertz CT molecular complexity index is 565. The number of methoxy groups -OCH3 is 1. The monoisotopic (exact) mass is 490 g/mol. The zero-order valence-electron chi connectivity index (χ0n) is 16.9. The predicted molar refractivity (Wildman–Crippen MR) is 121 cm³/mol. The highest BCUT2D eigenvalue weighted by Gasteiger charge is 2.36. The summed E-state index contributed by atoms with van der Waals surface area (Å²) in [5.41, 5.74) is 1.40. The van der Waals surface area contributed by atoms with Crippen LogP contribution in [0.2, 0.25) is 0 Å². The summed E-state index contributed by atoms with van der Waals surface area (Å²) in [6, 6.07) is 3.98. The predicted octanol–water partition coefficient (Wildman–Crippen LogP) is 3.75. The number of nitrogens with one attached hydrogen (secondary N) is 2. The zero-order chi connectivity index (χ0) is 18.7. The second-order valence-corrected chi connectivity index (χ2v) is 7.05. The van der Waals surface area contributed by atoms with Gasteiger partial charge in [0, 0.05) is 45.6 Å². The molecule has 0 atom stereocenters. The van der Waals surface area contributed by atoms with E-state index in [4.69, 9.17) is 9.47 Å². The Morgan fingerprint density at radius 1 is 1.30 bits per heavy atom. The lowest BCUT2D eigenvalue weighted by Gasteiger charge is -2.42. The summed E-state index contributed by atoms with van der Waals surface area (Å²) in [5.74, 6) is 1.52. The van der Waals surface area contributed by atoms with Crippen molar-refractivity contribution in [2.45, 2.75) is 52.0 Å². The third-order valence-corrected chi connectivity index (χ3v) is 5.14. The second kappa shape index (κ2) is 13.1. The number of ether oxygens (including phenoxy) is 2. The fourth-order valence-electron chi connectivity index (χ4n) is 3.18. The minimum absolute atomic E-state index is 0. The molecule has 2 rings (SSSR count). The quantitative estimate of drug-likeness (QED) is 0.214. The average Bonchev–Trinajstić information content (AvgIpc) is 2.64. The van der Waals surface area contributed by atoms with Gasteiger partial charge in [-0.05, 0) is 37.2 Å². The lowest BCUT2D eigenvalue weighted by Crippen LogP contribution is -2.46. The van der Waals surface area contributed by atoms with Crippen LogP contribution < -0.4 is 15.4 Å². The minimum atomic E-state index is 0. The molecule has 27 heavy (non-hydrogen) atoms. The van der Waals surface area contributed by atoms with E-state index in [0.29, 0.717) is 24.4 Å². The number of hydrogen-bond acceptors (Lipinski definition) is 4. The molecule has 1 aromatic rings. The van der Waals surface area contributed by atoms with Crippen LogP contribution in [0.3, 0.4) is 0 Å². The summed E-state index contributed by atoms with van der Waals surface area (Å²) >= 11 is 0. The first-order valence-electron chi connectivity index (χ1n) is 9.73. The largest absolute Gasteiger partial charge is 0.477 e. The summed E-state index contributed by atoms with van der Waals surface area (Å²) in [5, 5.41) is 6.87. The number of guanidine groups is 1. The van der Waals surface area contributed by atoms with Crippen molar-refractivity contribution in [3.8, 4) is 5.88 Å². The summed E-state index contributed by atoms with van der Waals surface area (Å²) in [4.78, 5) is 8.71. The molecule has 1 aliphatic rings. The van der Waals surface area contributed by atoms with Gasteiger partial charge in [0.15, 0.2) is 5.96 Å². The average molecular weight is 490 g/mol. The van der Waals surface area contributed by atoms with Gasteiger partial charge in [-0.15, -0.1) is 24.0 Å². The standard InChI is InChI=1S/C20H34N4O2.HI/c1-4-5-13-26-18-17(8-6-12-22-18)15-23-19(21-2)24-16-20(9-7-10-20)11-14-25-3;/h6,8,12H,4-5,7,9-11,13-16H2,1-3H3,(H2,21,23,24);1H. The summed E-state index contributed by atoms with van der Waals surface area (Å²) in [6.45, 7) is 5.25. The van der Waals surface area contributed by atoms with Crippen LogP contribution in [-0.2, 0) is 11.3 Å². The molecule has 1 fully saturated rings. The van der Waals surface area contributed by atoms with Crippen molar-refractivity contribution in [3.05, 3.63) is 23.9 Å². The van der Waals surface area contributed by atoms with E-state index in [1.165, 1.54) is 19.3 Å². The van der Waals surface area contributed by atoms with Crippen LogP contribution in [0.25, 0.3) is 0 Å². The number of nitrogens with zero attached hydrogens (tertiary/aromatic N) is 2. The Morgan fingerprint density at radius 3 is 2.74 bits per heavy atom. The second-order valence-electron chi connectivity index (χ2n) is 7.05. The fraction of sp³-hybridized carbons (Fsp3) is 0.700. The number of pyridine rings is 1. The van der Waals surface area contributed by atoms with E-state index < -0.39 is 0 Å². The molecule has 0 radical (unpaired) electrons. The third kappa shape index (κ3) is 7.81. The van der Waals surface area contributed by atoms with Crippen LogP contribution in [0, 0.1) is 5.41 Å². The number of unbranched alkanes of at least 4 members (excludes halogenated alkanes) is 1. The van der Waals surface area contributed by atoms with Crippen molar-refractivity contribution in [2.24, 2.45) is 10.4 Å². The molecule has 7 heteroatoms. The van der Waals surface area contributed by atoms with Gasteiger partial charge in [-0.25, -0.2) is 4.98 Å². The molecule has 1 aromatic heterocycles. The van der Waals surface area contributed by atoms with Crippen LogP contribution in [0.15, 0.2) is 23.3 Å². The highest BCUT2D eigenvalue weighted by atomic mass is 127. The Labute approximate surface area is 180 Å². The van der Waals surface area contributed by atoms with Crippen LogP contribution in [0.5, 0.6) is 5.88 Å². The van der Waals surface area contributed by atoms with Crippen molar-refractivity contribution in [2.75, 3.05) is 33.9 Å². The first kappa shape index (κ1) is 23.9. The maximum atomic E-state index is 5.80. The molecule has 1 saturated carbocycles. The molecule has 0 aromatic carbocycles. The first-order chi connectivity index (χ1) is 12.7. The van der Waals surface area contributed by atoms with Crippen molar-refractivity contribution < 1.29 is 9.47 Å². The summed E-state index contributed by atoms with van der Waals surface area (Å²) in [6.07, 6.45) is 8.86. The number of aromatic nitrogens is 1. The van der Waals surface area contributed by atoms with Gasteiger partial charge in [0.05, 0.1) is 6.61 Å². The SMILES string of the molecule is CCCCOc1ncccc1CNC(=NC)NCC1(CCOC)CCC1.I. The maximum absolute atomic E-state index is 5.80. The number of hydrogen-bond donors (Lipinski definition) is 2. The molecular formula is C20H35IN4O2. The van der Waals surface area contributed by atoms with Gasteiger partial charge in [-0.1, -0.05) is 25.8 Å². The lowest BCUT2D eigenvalue weighted by atomic mass is 9.67. The first-order valence-corrected chi connectivity index (χ1v) is 9.73. The Kier molecular flexibility index (Phi) is 11.7. The molecule has 0 spiro atoms. The lowest BCUT2D eigenvalue weighted by molar-refractivity contribution is 0.0732. The molecule has 0 aliphatic heterocycles. The number of rotatable bonds is 11. The summed E-state index contributed by atoms with van der Waals surface area (Å²) < 4.78 is 11.1. The van der Waals surface area contributed by atoms with E-state index in [2.05, 4.69) is 27.5 Å². The highest BCUT2D eigenvalue weighted by molar-refractivity contribution is 14.0. The van der Waals surface area contributed by atoms with Gasteiger partial charge in [-0.3, -0.25) is 4.99 Å². The van der Waals surface area contributed by atoms with Crippen molar-refractivity contribution >= 4 is 29.9 Å². The Morgan fingerprint density at radius 2 is 2.11 bits per heavy atom. The highest BCUT2D eigenvalue weighted by Crippen LogP contribution is 2.43. The number of halogens is 1. The van der Waals surface area contributed by atoms with Crippen LogP contribution >= 0.6 is 24.0 Å². The molecule has 0 saturated heterocycles. The van der Waals surface area contributed by atoms with Gasteiger partial charge in [-0.2, -0.15) is 0 Å². The van der Waals surface area contributed by atoms with Crippen molar-refractivity contribution in [3.63, 3.8) is 0 Å². The smallest absolute Gasteiger partial charge is 0.218 e. The molecule has 154 valence electrons. The van der Waals surface area contributed by atoms with Gasteiger partial charge in [0.25, 0.3) is 0 Å². The number of aliphatic imine (C=N–C) groups is 1. The van der Waals surface area contributed by atoms with E-state index in [1.807, 2.05) is 12.1 Å². The Hall–Kier alpha value is -1.09. The molecular weight excluding hydrogens is 455 g/mol. The van der Waals surface area contributed by atoms with Gasteiger partial charge < -0.3 is 20.1 Å². The third-order valence-electron chi connectivity index (χ3n) is 5.14. The van der Waals surface area contributed by atoms with Gasteiger partial charge >= 0.3 is 0 Å². The van der Waals surface area contributed by atoms with E-state index in [0.717, 1.165) is 43.9 Å². The van der Waals surface area contributed by atoms with Crippen LogP contribution in [0.1, 0.15) is 51.0 Å². The molecule has 0 unspecified atom stereocenters. The molecule has 1 heterocycles. The van der Waals surface area contributed by atoms with Crippen LogP contribution in [0.4, 0.5) is 0 Å². The van der Waals surface area contributed by atoms with E-state index >= 15 is 0 Å². The zero-order valence-corrected chi connectivity index (χ0v) is 19.3. The van der Waals surface area contributed by atoms with Crippen molar-refractivity contribution in [1.29, 1.82) is 0 Å². The fourth-order valence-corrected chi connectivity index (χ4v) is 3.18. The normalized spacial score (nSPS) is 15.4. The molecule has 0 bridgehead atoms. The maximum Gasteiger partial charge on any atom is 0.218 e. The van der Waals surface area contributed by atoms with E-state index in [9.17, 15) is 0 Å². The molecule has 1 aliphatic carbocycles. The van der Waals surface area contributed by atoms with Crippen LogP contribution in [-0.4, -0.2) is 44.9 Å².